The van der Waals surface area contributed by atoms with Crippen LogP contribution in [0.1, 0.15) is 45.1 Å². The molecule has 176 valence electrons. The van der Waals surface area contributed by atoms with Gasteiger partial charge in [-0.3, -0.25) is 14.4 Å². The fourth-order valence-electron chi connectivity index (χ4n) is 5.05. The Morgan fingerprint density at radius 2 is 1.88 bits per heavy atom. The quantitative estimate of drug-likeness (QED) is 0.697. The standard InChI is InChI=1S/C23H32F3N5O/c1-14(2)15-4-7-18(8-5-15)31-12-17(13-31)28-21(32)11-27-22-19-10-16(23(24,25)26)6-9-20(19)30(3)29-22/h6,9-10,14-15,17-18H,4-5,7-8,11-13H2,1-3H3,(H,27,29)(H,28,32). The molecule has 0 bridgehead atoms. The molecular formula is C23H32F3N5O. The average molecular weight is 452 g/mol. The molecule has 32 heavy (non-hydrogen) atoms. The summed E-state index contributed by atoms with van der Waals surface area (Å²) in [5, 5.41) is 10.5. The molecule has 2 aliphatic rings. The number of likely N-dealkylation sites (tertiary alicyclic amines) is 1. The lowest BCUT2D eigenvalue weighted by atomic mass is 9.78. The molecule has 2 N–H and O–H groups in total. The van der Waals surface area contributed by atoms with E-state index in [4.69, 9.17) is 0 Å². The van der Waals surface area contributed by atoms with E-state index in [9.17, 15) is 18.0 Å². The van der Waals surface area contributed by atoms with Crippen LogP contribution in [0.3, 0.4) is 0 Å². The van der Waals surface area contributed by atoms with Crippen LogP contribution >= 0.6 is 0 Å². The van der Waals surface area contributed by atoms with Crippen LogP contribution < -0.4 is 10.6 Å². The highest BCUT2D eigenvalue weighted by atomic mass is 19.4. The number of nitrogens with zero attached hydrogens (tertiary/aromatic N) is 3. The Kier molecular flexibility index (Phi) is 6.38. The van der Waals surface area contributed by atoms with Crippen molar-refractivity contribution in [3.8, 4) is 0 Å². The van der Waals surface area contributed by atoms with Crippen LogP contribution in [0.5, 0.6) is 0 Å². The van der Waals surface area contributed by atoms with Gasteiger partial charge in [-0.1, -0.05) is 13.8 Å². The first-order valence-corrected chi connectivity index (χ1v) is 11.4. The minimum atomic E-state index is -4.43. The summed E-state index contributed by atoms with van der Waals surface area (Å²) in [7, 11) is 1.67. The first-order valence-electron chi connectivity index (χ1n) is 11.4. The second-order valence-corrected chi connectivity index (χ2v) is 9.59. The molecule has 6 nitrogen and oxygen atoms in total. The number of aryl methyl sites for hydroxylation is 1. The summed E-state index contributed by atoms with van der Waals surface area (Å²) in [6.45, 7) is 6.31. The van der Waals surface area contributed by atoms with Gasteiger partial charge in [0.2, 0.25) is 5.91 Å². The van der Waals surface area contributed by atoms with Crippen molar-refractivity contribution in [2.45, 2.75) is 57.8 Å². The van der Waals surface area contributed by atoms with E-state index in [1.165, 1.54) is 36.4 Å². The summed E-state index contributed by atoms with van der Waals surface area (Å²) in [5.41, 5.74) is -0.162. The third-order valence-corrected chi connectivity index (χ3v) is 7.07. The summed E-state index contributed by atoms with van der Waals surface area (Å²) in [6, 6.07) is 4.26. The zero-order valence-electron chi connectivity index (χ0n) is 18.9. The number of rotatable bonds is 6. The molecule has 9 heteroatoms. The fourth-order valence-corrected chi connectivity index (χ4v) is 5.05. The van der Waals surface area contributed by atoms with Crippen molar-refractivity contribution < 1.29 is 18.0 Å². The van der Waals surface area contributed by atoms with Gasteiger partial charge in [-0.05, 0) is 55.7 Å². The minimum Gasteiger partial charge on any atom is -0.359 e. The maximum Gasteiger partial charge on any atom is 0.416 e. The number of amides is 1. The summed E-state index contributed by atoms with van der Waals surface area (Å²) in [6.07, 6.45) is 0.611. The number of anilines is 1. The van der Waals surface area contributed by atoms with Crippen molar-refractivity contribution in [1.29, 1.82) is 0 Å². The molecule has 2 fully saturated rings. The number of fused-ring (bicyclic) bond motifs is 1. The van der Waals surface area contributed by atoms with Gasteiger partial charge in [0.15, 0.2) is 5.82 Å². The number of halogens is 3. The lowest BCUT2D eigenvalue weighted by Crippen LogP contribution is -2.63. The summed E-state index contributed by atoms with van der Waals surface area (Å²) in [5.74, 6) is 1.69. The number of alkyl halides is 3. The summed E-state index contributed by atoms with van der Waals surface area (Å²) in [4.78, 5) is 14.8. The molecule has 1 saturated heterocycles. The number of hydrogen-bond acceptors (Lipinski definition) is 4. The zero-order chi connectivity index (χ0) is 23.0. The molecule has 1 aliphatic heterocycles. The van der Waals surface area contributed by atoms with Crippen LogP contribution in [-0.2, 0) is 18.0 Å². The third kappa shape index (κ3) is 4.87. The summed E-state index contributed by atoms with van der Waals surface area (Å²) < 4.78 is 40.7. The van der Waals surface area contributed by atoms with E-state index in [2.05, 4.69) is 34.5 Å². The van der Waals surface area contributed by atoms with Crippen LogP contribution in [-0.4, -0.2) is 52.3 Å². The van der Waals surface area contributed by atoms with Crippen LogP contribution in [0.2, 0.25) is 0 Å². The fraction of sp³-hybridized carbons (Fsp3) is 0.652. The van der Waals surface area contributed by atoms with Gasteiger partial charge in [0.1, 0.15) is 0 Å². The highest BCUT2D eigenvalue weighted by Crippen LogP contribution is 2.34. The van der Waals surface area contributed by atoms with E-state index in [1.807, 2.05) is 0 Å². The SMILES string of the molecule is CC(C)C1CCC(N2CC(NC(=O)CNc3nn(C)c4ccc(C(F)(F)F)cc34)C2)CC1. The number of hydrogen-bond donors (Lipinski definition) is 2. The molecule has 1 amide bonds. The Bertz CT molecular complexity index is 956. The molecule has 0 spiro atoms. The molecule has 2 heterocycles. The Labute approximate surface area is 186 Å². The number of aromatic nitrogens is 2. The smallest absolute Gasteiger partial charge is 0.359 e. The second kappa shape index (κ2) is 8.92. The number of carbonyl (C=O) groups is 1. The van der Waals surface area contributed by atoms with Gasteiger partial charge in [0.25, 0.3) is 0 Å². The zero-order valence-corrected chi connectivity index (χ0v) is 18.9. The van der Waals surface area contributed by atoms with Crippen molar-refractivity contribution in [3.05, 3.63) is 23.8 Å². The van der Waals surface area contributed by atoms with Gasteiger partial charge in [-0.25, -0.2) is 0 Å². The second-order valence-electron chi connectivity index (χ2n) is 9.59. The predicted molar refractivity (Wildman–Crippen MR) is 118 cm³/mol. The Morgan fingerprint density at radius 1 is 1.19 bits per heavy atom. The van der Waals surface area contributed by atoms with Gasteiger partial charge < -0.3 is 10.6 Å². The van der Waals surface area contributed by atoms with Gasteiger partial charge >= 0.3 is 6.18 Å². The molecule has 1 aliphatic carbocycles. The van der Waals surface area contributed by atoms with Gasteiger partial charge in [-0.15, -0.1) is 0 Å². The Balaban J connectivity index is 1.26. The summed E-state index contributed by atoms with van der Waals surface area (Å²) >= 11 is 0. The third-order valence-electron chi connectivity index (χ3n) is 7.07. The number of carbonyl (C=O) groups excluding carboxylic acids is 1. The van der Waals surface area contributed by atoms with Crippen molar-refractivity contribution >= 4 is 22.6 Å². The molecule has 1 aromatic heterocycles. The molecule has 0 radical (unpaired) electrons. The normalized spacial score (nSPS) is 22.8. The average Bonchev–Trinajstić information content (AvgIpc) is 3.03. The van der Waals surface area contributed by atoms with E-state index in [0.29, 0.717) is 16.9 Å². The molecule has 1 saturated carbocycles. The maximum atomic E-state index is 13.1. The van der Waals surface area contributed by atoms with E-state index in [1.54, 1.807) is 7.05 Å². The monoisotopic (exact) mass is 451 g/mol. The first-order chi connectivity index (χ1) is 15.1. The minimum absolute atomic E-state index is 0.0294. The van der Waals surface area contributed by atoms with E-state index < -0.39 is 11.7 Å². The van der Waals surface area contributed by atoms with E-state index in [0.717, 1.165) is 37.1 Å². The highest BCUT2D eigenvalue weighted by molar-refractivity contribution is 5.92. The van der Waals surface area contributed by atoms with Gasteiger partial charge in [0, 0.05) is 31.6 Å². The highest BCUT2D eigenvalue weighted by Gasteiger charge is 2.35. The topological polar surface area (TPSA) is 62.2 Å². The van der Waals surface area contributed by atoms with Gasteiger partial charge in [0.05, 0.1) is 23.7 Å². The molecule has 4 rings (SSSR count). The number of nitrogens with one attached hydrogen (secondary N) is 2. The number of benzene rings is 1. The lowest BCUT2D eigenvalue weighted by Gasteiger charge is -2.47. The largest absolute Gasteiger partial charge is 0.416 e. The van der Waals surface area contributed by atoms with Gasteiger partial charge in [-0.2, -0.15) is 18.3 Å². The molecule has 0 unspecified atom stereocenters. The predicted octanol–water partition coefficient (Wildman–Crippen LogP) is 4.02. The van der Waals surface area contributed by atoms with Crippen molar-refractivity contribution in [3.63, 3.8) is 0 Å². The Hall–Kier alpha value is -2.29. The Morgan fingerprint density at radius 3 is 2.50 bits per heavy atom. The van der Waals surface area contributed by atoms with Crippen molar-refractivity contribution in [1.82, 2.24) is 20.0 Å². The maximum absolute atomic E-state index is 13.1. The lowest BCUT2D eigenvalue weighted by molar-refractivity contribution is -0.137. The van der Waals surface area contributed by atoms with Crippen LogP contribution in [0.15, 0.2) is 18.2 Å². The van der Waals surface area contributed by atoms with Crippen LogP contribution in [0.25, 0.3) is 10.9 Å². The van der Waals surface area contributed by atoms with Crippen molar-refractivity contribution in [2.24, 2.45) is 18.9 Å². The molecule has 0 atom stereocenters. The molecule has 2 aromatic rings. The first kappa shape index (κ1) is 22.9. The molecule has 1 aromatic carbocycles. The van der Waals surface area contributed by atoms with E-state index in [-0.39, 0.29) is 24.3 Å². The van der Waals surface area contributed by atoms with Crippen LogP contribution in [0, 0.1) is 11.8 Å². The van der Waals surface area contributed by atoms with Crippen LogP contribution in [0.4, 0.5) is 19.0 Å². The van der Waals surface area contributed by atoms with Crippen molar-refractivity contribution in [2.75, 3.05) is 25.0 Å². The molecular weight excluding hydrogens is 419 g/mol. The van der Waals surface area contributed by atoms with E-state index >= 15 is 0 Å².